The third kappa shape index (κ3) is 3.02. The molecule has 1 aromatic rings. The SMILES string of the molecule is CCN1CCN(c2nc(CNC3CC3)cs2)CC1. The van der Waals surface area contributed by atoms with Crippen LogP contribution in [0.3, 0.4) is 0 Å². The molecule has 1 N–H and O–H groups in total. The summed E-state index contributed by atoms with van der Waals surface area (Å²) in [4.78, 5) is 9.68. The summed E-state index contributed by atoms with van der Waals surface area (Å²) in [6.45, 7) is 8.93. The van der Waals surface area contributed by atoms with E-state index in [4.69, 9.17) is 4.98 Å². The Bertz CT molecular complexity index is 380. The van der Waals surface area contributed by atoms with Crippen LogP contribution in [0.4, 0.5) is 5.13 Å². The summed E-state index contributed by atoms with van der Waals surface area (Å²) in [6, 6.07) is 0.767. The van der Waals surface area contributed by atoms with Crippen molar-refractivity contribution in [1.29, 1.82) is 0 Å². The Balaban J connectivity index is 1.52. The fraction of sp³-hybridized carbons (Fsp3) is 0.769. The second-order valence-corrected chi connectivity index (χ2v) is 6.03. The fourth-order valence-corrected chi connectivity index (χ4v) is 3.19. The second-order valence-electron chi connectivity index (χ2n) is 5.20. The first kappa shape index (κ1) is 12.4. The Kier molecular flexibility index (Phi) is 3.82. The first-order valence-corrected chi connectivity index (χ1v) is 7.88. The zero-order valence-corrected chi connectivity index (χ0v) is 11.9. The largest absolute Gasteiger partial charge is 0.346 e. The van der Waals surface area contributed by atoms with E-state index in [1.807, 2.05) is 0 Å². The Morgan fingerprint density at radius 1 is 1.33 bits per heavy atom. The van der Waals surface area contributed by atoms with E-state index in [0.29, 0.717) is 0 Å². The average molecular weight is 266 g/mol. The number of thiazole rings is 1. The summed E-state index contributed by atoms with van der Waals surface area (Å²) < 4.78 is 0. The molecule has 0 radical (unpaired) electrons. The van der Waals surface area contributed by atoms with Gasteiger partial charge in [-0.3, -0.25) is 0 Å². The van der Waals surface area contributed by atoms with Crippen molar-refractivity contribution < 1.29 is 0 Å². The lowest BCUT2D eigenvalue weighted by Crippen LogP contribution is -2.46. The number of nitrogens with one attached hydrogen (secondary N) is 1. The van der Waals surface area contributed by atoms with Crippen LogP contribution in [-0.2, 0) is 6.54 Å². The number of piperazine rings is 1. The molecule has 3 rings (SSSR count). The topological polar surface area (TPSA) is 31.4 Å². The van der Waals surface area contributed by atoms with E-state index < -0.39 is 0 Å². The molecule has 0 bridgehead atoms. The van der Waals surface area contributed by atoms with Gasteiger partial charge in [-0.2, -0.15) is 0 Å². The monoisotopic (exact) mass is 266 g/mol. The van der Waals surface area contributed by atoms with E-state index >= 15 is 0 Å². The molecule has 2 heterocycles. The lowest BCUT2D eigenvalue weighted by atomic mass is 10.3. The van der Waals surface area contributed by atoms with Gasteiger partial charge in [-0.15, -0.1) is 11.3 Å². The molecule has 5 heteroatoms. The molecule has 1 saturated heterocycles. The molecule has 2 fully saturated rings. The highest BCUT2D eigenvalue weighted by Crippen LogP contribution is 2.23. The van der Waals surface area contributed by atoms with E-state index in [9.17, 15) is 0 Å². The van der Waals surface area contributed by atoms with Crippen LogP contribution in [0.15, 0.2) is 5.38 Å². The highest BCUT2D eigenvalue weighted by Gasteiger charge is 2.21. The minimum atomic E-state index is 0.767. The summed E-state index contributed by atoms with van der Waals surface area (Å²) in [5.74, 6) is 0. The number of hydrogen-bond donors (Lipinski definition) is 1. The zero-order chi connectivity index (χ0) is 12.4. The Morgan fingerprint density at radius 3 is 2.78 bits per heavy atom. The van der Waals surface area contributed by atoms with Gasteiger partial charge in [0.2, 0.25) is 0 Å². The van der Waals surface area contributed by atoms with Gasteiger partial charge in [-0.25, -0.2) is 4.98 Å². The number of nitrogens with zero attached hydrogens (tertiary/aromatic N) is 3. The van der Waals surface area contributed by atoms with E-state index in [1.165, 1.54) is 43.3 Å². The molecule has 1 saturated carbocycles. The van der Waals surface area contributed by atoms with E-state index in [1.54, 1.807) is 11.3 Å². The van der Waals surface area contributed by atoms with E-state index in [0.717, 1.165) is 25.7 Å². The van der Waals surface area contributed by atoms with Crippen molar-refractivity contribution in [1.82, 2.24) is 15.2 Å². The maximum atomic E-state index is 4.75. The molecule has 1 aromatic heterocycles. The standard InChI is InChI=1S/C13H22N4S/c1-2-16-5-7-17(8-6-16)13-15-12(10-18-13)9-14-11-3-4-11/h10-11,14H,2-9H2,1H3. The average Bonchev–Trinajstić information content (AvgIpc) is 3.14. The normalized spacial score (nSPS) is 21.5. The second kappa shape index (κ2) is 5.55. The minimum absolute atomic E-state index is 0.767. The third-order valence-electron chi connectivity index (χ3n) is 3.78. The molecule has 1 aliphatic carbocycles. The van der Waals surface area contributed by atoms with Gasteiger partial charge in [0.05, 0.1) is 5.69 Å². The Labute approximate surface area is 113 Å². The lowest BCUT2D eigenvalue weighted by molar-refractivity contribution is 0.271. The number of hydrogen-bond acceptors (Lipinski definition) is 5. The van der Waals surface area contributed by atoms with Gasteiger partial charge in [0, 0.05) is 44.1 Å². The fourth-order valence-electron chi connectivity index (χ4n) is 2.31. The van der Waals surface area contributed by atoms with Gasteiger partial charge in [-0.05, 0) is 19.4 Å². The van der Waals surface area contributed by atoms with Crippen molar-refractivity contribution in [2.24, 2.45) is 0 Å². The predicted octanol–water partition coefficient (Wildman–Crippen LogP) is 1.54. The van der Waals surface area contributed by atoms with Crippen molar-refractivity contribution >= 4 is 16.5 Å². The molecule has 1 aliphatic heterocycles. The quantitative estimate of drug-likeness (QED) is 0.876. The van der Waals surface area contributed by atoms with Crippen molar-refractivity contribution in [3.63, 3.8) is 0 Å². The van der Waals surface area contributed by atoms with Crippen LogP contribution in [0.25, 0.3) is 0 Å². The molecular weight excluding hydrogens is 244 g/mol. The molecule has 18 heavy (non-hydrogen) atoms. The first-order valence-electron chi connectivity index (χ1n) is 7.00. The van der Waals surface area contributed by atoms with Gasteiger partial charge < -0.3 is 15.1 Å². The molecule has 2 aliphatic rings. The smallest absolute Gasteiger partial charge is 0.185 e. The number of aromatic nitrogens is 1. The molecule has 0 unspecified atom stereocenters. The lowest BCUT2D eigenvalue weighted by Gasteiger charge is -2.33. The summed E-state index contributed by atoms with van der Waals surface area (Å²) in [6.07, 6.45) is 2.69. The molecule has 100 valence electrons. The summed E-state index contributed by atoms with van der Waals surface area (Å²) >= 11 is 1.79. The van der Waals surface area contributed by atoms with Crippen LogP contribution in [-0.4, -0.2) is 48.6 Å². The van der Waals surface area contributed by atoms with Crippen molar-refractivity contribution in [3.8, 4) is 0 Å². The highest BCUT2D eigenvalue weighted by molar-refractivity contribution is 7.13. The first-order chi connectivity index (χ1) is 8.85. The van der Waals surface area contributed by atoms with Crippen LogP contribution in [0.2, 0.25) is 0 Å². The number of rotatable bonds is 5. The maximum absolute atomic E-state index is 4.75. The van der Waals surface area contributed by atoms with Crippen LogP contribution < -0.4 is 10.2 Å². The maximum Gasteiger partial charge on any atom is 0.185 e. The molecule has 4 nitrogen and oxygen atoms in total. The van der Waals surface area contributed by atoms with Crippen LogP contribution in [0.1, 0.15) is 25.5 Å². The number of anilines is 1. The summed E-state index contributed by atoms with van der Waals surface area (Å²) in [7, 11) is 0. The molecular formula is C13H22N4S. The molecule has 0 amide bonds. The van der Waals surface area contributed by atoms with Crippen molar-refractivity contribution in [3.05, 3.63) is 11.1 Å². The van der Waals surface area contributed by atoms with Gasteiger partial charge >= 0.3 is 0 Å². The highest BCUT2D eigenvalue weighted by atomic mass is 32.1. The summed E-state index contributed by atoms with van der Waals surface area (Å²) in [5, 5.41) is 6.93. The molecule has 0 aromatic carbocycles. The third-order valence-corrected chi connectivity index (χ3v) is 4.73. The molecule has 0 spiro atoms. The van der Waals surface area contributed by atoms with Crippen LogP contribution in [0, 0.1) is 0 Å². The van der Waals surface area contributed by atoms with Crippen molar-refractivity contribution in [2.75, 3.05) is 37.6 Å². The van der Waals surface area contributed by atoms with Gasteiger partial charge in [0.15, 0.2) is 5.13 Å². The molecule has 0 atom stereocenters. The number of likely N-dealkylation sites (N-methyl/N-ethyl adjacent to an activating group) is 1. The van der Waals surface area contributed by atoms with Gasteiger partial charge in [-0.1, -0.05) is 6.92 Å². The Hall–Kier alpha value is -0.650. The minimum Gasteiger partial charge on any atom is -0.346 e. The summed E-state index contributed by atoms with van der Waals surface area (Å²) in [5.41, 5.74) is 1.21. The van der Waals surface area contributed by atoms with E-state index in [-0.39, 0.29) is 0 Å². The Morgan fingerprint density at radius 2 is 2.11 bits per heavy atom. The predicted molar refractivity (Wildman–Crippen MR) is 76.3 cm³/mol. The van der Waals surface area contributed by atoms with Crippen LogP contribution in [0.5, 0.6) is 0 Å². The van der Waals surface area contributed by atoms with Gasteiger partial charge in [0.1, 0.15) is 0 Å². The van der Waals surface area contributed by atoms with Gasteiger partial charge in [0.25, 0.3) is 0 Å². The van der Waals surface area contributed by atoms with E-state index in [2.05, 4.69) is 27.4 Å². The zero-order valence-electron chi connectivity index (χ0n) is 11.1. The van der Waals surface area contributed by atoms with Crippen molar-refractivity contribution in [2.45, 2.75) is 32.4 Å². The van der Waals surface area contributed by atoms with Crippen LogP contribution >= 0.6 is 11.3 Å².